The highest BCUT2D eigenvalue weighted by Gasteiger charge is 2.24. The van der Waals surface area contributed by atoms with Crippen LogP contribution in [0.2, 0.25) is 0 Å². The third kappa shape index (κ3) is 6.47. The first-order chi connectivity index (χ1) is 29.8. The van der Waals surface area contributed by atoms with Crippen LogP contribution in [-0.4, -0.2) is 0 Å². The van der Waals surface area contributed by atoms with Gasteiger partial charge in [0.05, 0.1) is 0 Å². The highest BCUT2D eigenvalue weighted by atomic mass is 15.2. The third-order valence-electron chi connectivity index (χ3n) is 12.3. The van der Waals surface area contributed by atoms with E-state index in [-0.39, 0.29) is 0 Å². The maximum absolute atomic E-state index is 2.47. The minimum atomic E-state index is 0.971. The van der Waals surface area contributed by atoms with E-state index in [1.54, 1.807) is 0 Å². The molecule has 2 heteroatoms. The Balaban J connectivity index is 1.25. The van der Waals surface area contributed by atoms with Crippen molar-refractivity contribution in [3.05, 3.63) is 235 Å². The Bertz CT molecular complexity index is 3100. The van der Waals surface area contributed by atoms with Crippen LogP contribution in [0.25, 0.3) is 55.1 Å². The van der Waals surface area contributed by atoms with Gasteiger partial charge >= 0.3 is 0 Å². The molecule has 286 valence electrons. The van der Waals surface area contributed by atoms with Crippen LogP contribution in [0.4, 0.5) is 28.4 Å². The molecule has 0 fully saturated rings. The molecule has 0 unspecified atom stereocenters. The van der Waals surface area contributed by atoms with Crippen LogP contribution in [0.15, 0.2) is 218 Å². The van der Waals surface area contributed by atoms with E-state index in [2.05, 4.69) is 228 Å². The monoisotopic (exact) mass is 768 g/mol. The summed E-state index contributed by atoms with van der Waals surface area (Å²) in [7, 11) is 0. The number of benzene rings is 9. The van der Waals surface area contributed by atoms with Gasteiger partial charge in [-0.25, -0.2) is 0 Å². The van der Waals surface area contributed by atoms with Crippen molar-refractivity contribution in [3.63, 3.8) is 0 Å². The predicted octanol–water partition coefficient (Wildman–Crippen LogP) is 16.1. The Hall–Kier alpha value is -7.42. The van der Waals surface area contributed by atoms with E-state index in [9.17, 15) is 0 Å². The standard InChI is InChI=1S/C58H44N2/c1-5-21-47(22-6-1)59(48-23-7-2-8-24-48)51-33-35-53-55(39-51)57(45-31-29-41-17-13-15-19-43(41)37-45)54-36-34-52(60(49-25-9-3-10-26-49)50-27-11-4-12-28-50)40-56(54)58(53)46-32-30-42-18-14-16-20-44(42)38-46/h1-11,13-27,30,32-40H,12,28-29,31H2. The second-order valence-electron chi connectivity index (χ2n) is 15.9. The number of anilines is 5. The largest absolute Gasteiger partial charge is 0.314 e. The second-order valence-corrected chi connectivity index (χ2v) is 15.9. The number of fused-ring (bicyclic) bond motifs is 4. The smallest absolute Gasteiger partial charge is 0.0468 e. The summed E-state index contributed by atoms with van der Waals surface area (Å²) in [5.74, 6) is 0. The highest BCUT2D eigenvalue weighted by Crippen LogP contribution is 2.48. The van der Waals surface area contributed by atoms with Gasteiger partial charge in [-0.1, -0.05) is 146 Å². The van der Waals surface area contributed by atoms with Crippen LogP contribution in [-0.2, 0) is 6.42 Å². The average Bonchev–Trinajstić information content (AvgIpc) is 3.32. The molecule has 0 bridgehead atoms. The van der Waals surface area contributed by atoms with Crippen molar-refractivity contribution in [2.24, 2.45) is 0 Å². The molecule has 0 N–H and O–H groups in total. The number of allylic oxidation sites excluding steroid dienone is 5. The first-order valence-electron chi connectivity index (χ1n) is 21.2. The van der Waals surface area contributed by atoms with Crippen LogP contribution in [0.3, 0.4) is 0 Å². The molecule has 0 saturated heterocycles. The normalized spacial score (nSPS) is 13.5. The molecular weight excluding hydrogens is 725 g/mol. The van der Waals surface area contributed by atoms with E-state index in [0.717, 1.165) is 42.7 Å². The second kappa shape index (κ2) is 15.4. The lowest BCUT2D eigenvalue weighted by molar-refractivity contribution is 0.918. The van der Waals surface area contributed by atoms with Crippen LogP contribution in [0.1, 0.15) is 36.0 Å². The number of nitrogens with zero attached hydrogens (tertiary/aromatic N) is 2. The molecule has 0 aliphatic heterocycles. The Morgan fingerprint density at radius 1 is 0.383 bits per heavy atom. The molecule has 0 amide bonds. The summed E-state index contributed by atoms with van der Waals surface area (Å²) < 4.78 is 0. The van der Waals surface area contributed by atoms with Gasteiger partial charge in [-0.2, -0.15) is 0 Å². The van der Waals surface area contributed by atoms with Gasteiger partial charge in [0.15, 0.2) is 0 Å². The first kappa shape index (κ1) is 35.7. The number of para-hydroxylation sites is 3. The Morgan fingerprint density at radius 2 is 0.967 bits per heavy atom. The van der Waals surface area contributed by atoms with Gasteiger partial charge in [0.25, 0.3) is 0 Å². The Kier molecular flexibility index (Phi) is 9.17. The van der Waals surface area contributed by atoms with Crippen molar-refractivity contribution < 1.29 is 0 Å². The lowest BCUT2D eigenvalue weighted by Crippen LogP contribution is -2.17. The van der Waals surface area contributed by atoms with E-state index in [0.29, 0.717) is 0 Å². The molecule has 2 aliphatic carbocycles. The highest BCUT2D eigenvalue weighted by molar-refractivity contribution is 6.21. The van der Waals surface area contributed by atoms with Gasteiger partial charge in [0, 0.05) is 34.1 Å². The Morgan fingerprint density at radius 3 is 1.65 bits per heavy atom. The summed E-state index contributed by atoms with van der Waals surface area (Å²) in [5, 5.41) is 7.53. The van der Waals surface area contributed by atoms with E-state index in [4.69, 9.17) is 0 Å². The SMILES string of the molecule is C1=CCCC(N(c2ccccc2)c2ccc3c(C4=Cc5ccccc5CC4)c4cc(N(c5ccccc5)c5ccccc5)ccc4c(-c4ccc5ccccc5c4)c3c2)=C1. The van der Waals surface area contributed by atoms with Crippen LogP contribution in [0.5, 0.6) is 0 Å². The van der Waals surface area contributed by atoms with Gasteiger partial charge in [-0.15, -0.1) is 0 Å². The molecule has 0 atom stereocenters. The van der Waals surface area contributed by atoms with Gasteiger partial charge in [0.1, 0.15) is 0 Å². The summed E-state index contributed by atoms with van der Waals surface area (Å²) in [6, 6.07) is 71.5. The molecular formula is C58H44N2. The maximum Gasteiger partial charge on any atom is 0.0468 e. The van der Waals surface area contributed by atoms with Crippen molar-refractivity contribution in [2.75, 3.05) is 9.80 Å². The quantitative estimate of drug-likeness (QED) is 0.142. The summed E-state index contributed by atoms with van der Waals surface area (Å²) in [5.41, 5.74) is 14.9. The topological polar surface area (TPSA) is 6.48 Å². The van der Waals surface area contributed by atoms with Crippen LogP contribution >= 0.6 is 0 Å². The van der Waals surface area contributed by atoms with E-state index >= 15 is 0 Å². The lowest BCUT2D eigenvalue weighted by atomic mass is 9.81. The fraction of sp³-hybridized carbons (Fsp3) is 0.0690. The van der Waals surface area contributed by atoms with Crippen molar-refractivity contribution in [3.8, 4) is 11.1 Å². The van der Waals surface area contributed by atoms with Gasteiger partial charge in [0.2, 0.25) is 0 Å². The minimum absolute atomic E-state index is 0.971. The van der Waals surface area contributed by atoms with Crippen molar-refractivity contribution in [2.45, 2.75) is 25.7 Å². The molecule has 60 heavy (non-hydrogen) atoms. The number of rotatable bonds is 8. The summed E-state index contributed by atoms with van der Waals surface area (Å²) in [6.45, 7) is 0. The van der Waals surface area contributed by atoms with Crippen molar-refractivity contribution >= 4 is 72.4 Å². The first-order valence-corrected chi connectivity index (χ1v) is 21.2. The predicted molar refractivity (Wildman–Crippen MR) is 257 cm³/mol. The zero-order valence-corrected chi connectivity index (χ0v) is 33.5. The summed E-state index contributed by atoms with van der Waals surface area (Å²) in [4.78, 5) is 4.86. The van der Waals surface area contributed by atoms with Gasteiger partial charge in [-0.3, -0.25) is 0 Å². The number of aryl methyl sites for hydroxylation is 1. The van der Waals surface area contributed by atoms with Crippen molar-refractivity contribution in [1.82, 2.24) is 0 Å². The zero-order chi connectivity index (χ0) is 39.8. The molecule has 9 aromatic rings. The minimum Gasteiger partial charge on any atom is -0.314 e. The van der Waals surface area contributed by atoms with Crippen LogP contribution < -0.4 is 9.80 Å². The Labute approximate surface area is 352 Å². The molecule has 9 aromatic carbocycles. The van der Waals surface area contributed by atoms with Crippen molar-refractivity contribution in [1.29, 1.82) is 0 Å². The average molecular weight is 769 g/mol. The molecule has 11 rings (SSSR count). The van der Waals surface area contributed by atoms with E-state index < -0.39 is 0 Å². The number of hydrogen-bond acceptors (Lipinski definition) is 2. The molecule has 0 heterocycles. The van der Waals surface area contributed by atoms with E-state index in [1.807, 2.05) is 0 Å². The van der Waals surface area contributed by atoms with E-state index in [1.165, 1.54) is 82.8 Å². The summed E-state index contributed by atoms with van der Waals surface area (Å²) >= 11 is 0. The molecule has 0 spiro atoms. The fourth-order valence-electron chi connectivity index (χ4n) is 9.55. The number of hydrogen-bond donors (Lipinski definition) is 0. The maximum atomic E-state index is 2.47. The molecule has 0 aromatic heterocycles. The molecule has 2 aliphatic rings. The van der Waals surface area contributed by atoms with Gasteiger partial charge in [-0.05, 0) is 164 Å². The molecule has 0 radical (unpaired) electrons. The van der Waals surface area contributed by atoms with Gasteiger partial charge < -0.3 is 9.80 Å². The van der Waals surface area contributed by atoms with Crippen LogP contribution in [0, 0.1) is 0 Å². The molecule has 0 saturated carbocycles. The zero-order valence-electron chi connectivity index (χ0n) is 33.5. The summed E-state index contributed by atoms with van der Waals surface area (Å²) in [6.07, 6.45) is 13.2. The lowest BCUT2D eigenvalue weighted by Gasteiger charge is -2.30. The fourth-order valence-corrected chi connectivity index (χ4v) is 9.55. The third-order valence-corrected chi connectivity index (χ3v) is 12.3. The molecule has 2 nitrogen and oxygen atoms in total.